The van der Waals surface area contributed by atoms with Crippen molar-refractivity contribution in [1.29, 1.82) is 0 Å². The molecule has 0 spiro atoms. The Morgan fingerprint density at radius 2 is 2.00 bits per heavy atom. The Bertz CT molecular complexity index is 298. The van der Waals surface area contributed by atoms with Gasteiger partial charge in [-0.3, -0.25) is 0 Å². The van der Waals surface area contributed by atoms with Crippen LogP contribution in [0.2, 0.25) is 19.6 Å². The van der Waals surface area contributed by atoms with Crippen LogP contribution < -0.4 is 0 Å². The zero-order chi connectivity index (χ0) is 9.90. The third kappa shape index (κ3) is 4.57. The van der Waals surface area contributed by atoms with E-state index in [1.165, 1.54) is 5.56 Å². The summed E-state index contributed by atoms with van der Waals surface area (Å²) in [5.74, 6) is 0. The van der Waals surface area contributed by atoms with E-state index in [-0.39, 0.29) is 0 Å². The fourth-order valence-electron chi connectivity index (χ4n) is 0.832. The van der Waals surface area contributed by atoms with Crippen molar-refractivity contribution in [3.05, 3.63) is 33.3 Å². The van der Waals surface area contributed by atoms with Crippen LogP contribution >= 0.6 is 22.6 Å². The lowest BCUT2D eigenvalue weighted by Crippen LogP contribution is -2.15. The molecule has 0 aliphatic heterocycles. The lowest BCUT2D eigenvalue weighted by atomic mass is 10.3. The van der Waals surface area contributed by atoms with Crippen molar-refractivity contribution in [3.63, 3.8) is 0 Å². The molecule has 0 N–H and O–H groups in total. The zero-order valence-corrected chi connectivity index (χ0v) is 11.4. The molecule has 0 bridgehead atoms. The number of aromatic nitrogens is 1. The first-order valence-electron chi connectivity index (χ1n) is 4.28. The van der Waals surface area contributed by atoms with Gasteiger partial charge in [-0.15, -0.1) is 0 Å². The largest absolute Gasteiger partial charge is 0.250 e. The SMILES string of the molecule is C[Si](C)(C)/C=C\c1ccc(I)nc1. The van der Waals surface area contributed by atoms with Crippen LogP contribution in [-0.2, 0) is 0 Å². The summed E-state index contributed by atoms with van der Waals surface area (Å²) in [4.78, 5) is 4.23. The fourth-order valence-corrected chi connectivity index (χ4v) is 1.84. The molecule has 1 nitrogen and oxygen atoms in total. The van der Waals surface area contributed by atoms with E-state index in [4.69, 9.17) is 0 Å². The van der Waals surface area contributed by atoms with E-state index in [1.54, 1.807) is 0 Å². The van der Waals surface area contributed by atoms with E-state index in [0.29, 0.717) is 0 Å². The van der Waals surface area contributed by atoms with Crippen LogP contribution in [0.15, 0.2) is 24.0 Å². The predicted octanol–water partition coefficient (Wildman–Crippen LogP) is 3.58. The van der Waals surface area contributed by atoms with E-state index in [1.807, 2.05) is 12.3 Å². The molecule has 0 amide bonds. The first kappa shape index (κ1) is 10.9. The highest BCUT2D eigenvalue weighted by Crippen LogP contribution is 2.08. The van der Waals surface area contributed by atoms with Crippen LogP contribution in [0.4, 0.5) is 0 Å². The summed E-state index contributed by atoms with van der Waals surface area (Å²) in [6, 6.07) is 4.13. The van der Waals surface area contributed by atoms with Gasteiger partial charge in [-0.2, -0.15) is 0 Å². The molecular formula is C10H14INSi. The van der Waals surface area contributed by atoms with Crippen LogP contribution in [0.25, 0.3) is 6.08 Å². The normalized spacial score (nSPS) is 12.3. The average Bonchev–Trinajstić information content (AvgIpc) is 2.02. The Morgan fingerprint density at radius 3 is 2.46 bits per heavy atom. The van der Waals surface area contributed by atoms with Gasteiger partial charge in [0, 0.05) is 6.20 Å². The molecule has 0 aromatic carbocycles. The van der Waals surface area contributed by atoms with Crippen LogP contribution in [0.3, 0.4) is 0 Å². The topological polar surface area (TPSA) is 12.9 Å². The van der Waals surface area contributed by atoms with Crippen molar-refractivity contribution in [2.24, 2.45) is 0 Å². The fraction of sp³-hybridized carbons (Fsp3) is 0.300. The van der Waals surface area contributed by atoms with Gasteiger partial charge in [-0.1, -0.05) is 37.5 Å². The molecule has 1 heterocycles. The molecule has 3 heteroatoms. The van der Waals surface area contributed by atoms with Crippen molar-refractivity contribution in [2.45, 2.75) is 19.6 Å². The number of nitrogens with zero attached hydrogens (tertiary/aromatic N) is 1. The number of hydrogen-bond acceptors (Lipinski definition) is 1. The summed E-state index contributed by atoms with van der Waals surface area (Å²) in [6.07, 6.45) is 4.09. The molecule has 70 valence electrons. The summed E-state index contributed by atoms with van der Waals surface area (Å²) >= 11 is 2.21. The van der Waals surface area contributed by atoms with E-state index >= 15 is 0 Å². The summed E-state index contributed by atoms with van der Waals surface area (Å²) in [7, 11) is -1.06. The number of pyridine rings is 1. The van der Waals surface area contributed by atoms with Crippen molar-refractivity contribution < 1.29 is 0 Å². The highest BCUT2D eigenvalue weighted by Gasteiger charge is 2.06. The average molecular weight is 303 g/mol. The minimum Gasteiger partial charge on any atom is -0.250 e. The van der Waals surface area contributed by atoms with Crippen molar-refractivity contribution in [2.75, 3.05) is 0 Å². The Labute approximate surface area is 94.4 Å². The molecule has 1 aromatic rings. The van der Waals surface area contributed by atoms with Crippen molar-refractivity contribution >= 4 is 36.7 Å². The third-order valence-electron chi connectivity index (χ3n) is 1.53. The molecule has 0 fully saturated rings. The molecule has 1 aromatic heterocycles. The Hall–Kier alpha value is -0.163. The lowest BCUT2D eigenvalue weighted by molar-refractivity contribution is 1.26. The molecule has 0 unspecified atom stereocenters. The summed E-state index contributed by atoms with van der Waals surface area (Å²) in [5, 5.41) is 0. The molecule has 0 saturated heterocycles. The van der Waals surface area contributed by atoms with Gasteiger partial charge in [0.1, 0.15) is 3.70 Å². The van der Waals surface area contributed by atoms with Crippen LogP contribution in [0.5, 0.6) is 0 Å². The molecule has 0 radical (unpaired) electrons. The van der Waals surface area contributed by atoms with E-state index in [9.17, 15) is 0 Å². The highest BCUT2D eigenvalue weighted by atomic mass is 127. The molecular weight excluding hydrogens is 289 g/mol. The van der Waals surface area contributed by atoms with E-state index in [2.05, 4.69) is 65.1 Å². The second-order valence-electron chi connectivity index (χ2n) is 4.11. The third-order valence-corrected chi connectivity index (χ3v) is 3.33. The summed E-state index contributed by atoms with van der Waals surface area (Å²) < 4.78 is 1.04. The lowest BCUT2D eigenvalue weighted by Gasteiger charge is -2.07. The minimum atomic E-state index is -1.06. The Morgan fingerprint density at radius 1 is 1.31 bits per heavy atom. The van der Waals surface area contributed by atoms with Gasteiger partial charge in [-0.05, 0) is 34.2 Å². The van der Waals surface area contributed by atoms with Gasteiger partial charge in [0.15, 0.2) is 0 Å². The van der Waals surface area contributed by atoms with Gasteiger partial charge >= 0.3 is 0 Å². The first-order valence-corrected chi connectivity index (χ1v) is 8.94. The van der Waals surface area contributed by atoms with E-state index in [0.717, 1.165) is 3.70 Å². The maximum Gasteiger partial charge on any atom is 0.101 e. The van der Waals surface area contributed by atoms with Gasteiger partial charge in [-0.25, -0.2) is 4.98 Å². The Balaban J connectivity index is 2.75. The molecule has 0 saturated carbocycles. The monoisotopic (exact) mass is 303 g/mol. The minimum absolute atomic E-state index is 1.04. The molecule has 0 aliphatic rings. The second-order valence-corrected chi connectivity index (χ2v) is 10.3. The molecule has 0 atom stereocenters. The van der Waals surface area contributed by atoms with Crippen molar-refractivity contribution in [1.82, 2.24) is 4.98 Å². The number of hydrogen-bond donors (Lipinski definition) is 0. The number of halogens is 1. The van der Waals surface area contributed by atoms with Crippen LogP contribution in [-0.4, -0.2) is 13.1 Å². The van der Waals surface area contributed by atoms with Crippen molar-refractivity contribution in [3.8, 4) is 0 Å². The Kier molecular flexibility index (Phi) is 3.67. The summed E-state index contributed by atoms with van der Waals surface area (Å²) in [5.41, 5.74) is 3.53. The maximum absolute atomic E-state index is 4.23. The van der Waals surface area contributed by atoms with Gasteiger partial charge in [0.2, 0.25) is 0 Å². The zero-order valence-electron chi connectivity index (χ0n) is 8.21. The predicted molar refractivity (Wildman–Crippen MR) is 69.3 cm³/mol. The van der Waals surface area contributed by atoms with Gasteiger partial charge in [0.05, 0.1) is 8.07 Å². The smallest absolute Gasteiger partial charge is 0.101 e. The summed E-state index contributed by atoms with van der Waals surface area (Å²) in [6.45, 7) is 6.97. The molecule has 13 heavy (non-hydrogen) atoms. The van der Waals surface area contributed by atoms with Gasteiger partial charge < -0.3 is 0 Å². The molecule has 0 aliphatic carbocycles. The quantitative estimate of drug-likeness (QED) is 0.462. The highest BCUT2D eigenvalue weighted by molar-refractivity contribution is 14.1. The van der Waals surface area contributed by atoms with E-state index < -0.39 is 8.07 Å². The first-order chi connectivity index (χ1) is 5.97. The molecule has 1 rings (SSSR count). The maximum atomic E-state index is 4.23. The van der Waals surface area contributed by atoms with Crippen LogP contribution in [0.1, 0.15) is 5.56 Å². The van der Waals surface area contributed by atoms with Gasteiger partial charge in [0.25, 0.3) is 0 Å². The van der Waals surface area contributed by atoms with Crippen LogP contribution in [0, 0.1) is 3.70 Å². The number of rotatable bonds is 2. The second kappa shape index (κ2) is 4.37. The standard InChI is InChI=1S/C10H14INSi/c1-13(2,3)7-6-9-4-5-10(11)12-8-9/h4-8H,1-3H3/b7-6-.